The largest absolute Gasteiger partial charge is 0.354 e. The summed E-state index contributed by atoms with van der Waals surface area (Å²) in [5.74, 6) is 2.06. The van der Waals surface area contributed by atoms with E-state index >= 15 is 0 Å². The molecule has 1 aromatic heterocycles. The van der Waals surface area contributed by atoms with Crippen LogP contribution in [0.15, 0.2) is 24.3 Å². The molecule has 1 aliphatic carbocycles. The third-order valence-electron chi connectivity index (χ3n) is 3.94. The summed E-state index contributed by atoms with van der Waals surface area (Å²) in [5, 5.41) is 7.91. The van der Waals surface area contributed by atoms with E-state index in [1.165, 1.54) is 25.0 Å². The molecule has 0 radical (unpaired) electrons. The third-order valence-corrected chi connectivity index (χ3v) is 3.94. The molecule has 1 N–H and O–H groups in total. The Morgan fingerprint density at radius 3 is 2.68 bits per heavy atom. The SMILES string of the molecule is Fc1ccc(-c2nc3n(n2)C(C2CC2)CCN3)cc1. The van der Waals surface area contributed by atoms with E-state index in [4.69, 9.17) is 0 Å². The molecule has 0 bridgehead atoms. The number of rotatable bonds is 2. The van der Waals surface area contributed by atoms with Crippen LogP contribution in [0, 0.1) is 11.7 Å². The Morgan fingerprint density at radius 2 is 1.95 bits per heavy atom. The Morgan fingerprint density at radius 1 is 1.16 bits per heavy atom. The summed E-state index contributed by atoms with van der Waals surface area (Å²) < 4.78 is 15.0. The van der Waals surface area contributed by atoms with Gasteiger partial charge < -0.3 is 5.32 Å². The van der Waals surface area contributed by atoms with Crippen molar-refractivity contribution in [1.29, 1.82) is 0 Å². The molecule has 1 aliphatic heterocycles. The second-order valence-electron chi connectivity index (χ2n) is 5.33. The van der Waals surface area contributed by atoms with Crippen LogP contribution in [0.4, 0.5) is 10.3 Å². The predicted molar refractivity (Wildman–Crippen MR) is 70.3 cm³/mol. The Kier molecular flexibility index (Phi) is 2.33. The van der Waals surface area contributed by atoms with Gasteiger partial charge in [0, 0.05) is 12.1 Å². The number of hydrogen-bond acceptors (Lipinski definition) is 3. The van der Waals surface area contributed by atoms with Crippen LogP contribution in [0.3, 0.4) is 0 Å². The summed E-state index contributed by atoms with van der Waals surface area (Å²) in [6.45, 7) is 0.961. The maximum absolute atomic E-state index is 12.9. The standard InChI is InChI=1S/C14H15FN4/c15-11-5-3-10(4-6-11)13-17-14-16-8-7-12(9-1-2-9)19(14)18-13/h3-6,9,12H,1-2,7-8H2,(H,16,17,18). The molecule has 5 heteroatoms. The van der Waals surface area contributed by atoms with Gasteiger partial charge in [-0.15, -0.1) is 5.10 Å². The molecule has 0 amide bonds. The van der Waals surface area contributed by atoms with Crippen LogP contribution in [0.1, 0.15) is 25.3 Å². The van der Waals surface area contributed by atoms with E-state index in [1.807, 2.05) is 4.68 Å². The third kappa shape index (κ3) is 1.89. The zero-order valence-corrected chi connectivity index (χ0v) is 10.5. The highest BCUT2D eigenvalue weighted by Crippen LogP contribution is 2.43. The Bertz CT molecular complexity index is 600. The molecule has 2 heterocycles. The van der Waals surface area contributed by atoms with Crippen LogP contribution in [-0.4, -0.2) is 21.3 Å². The maximum atomic E-state index is 12.9. The molecule has 2 aliphatic rings. The van der Waals surface area contributed by atoms with Gasteiger partial charge in [0.1, 0.15) is 5.82 Å². The molecule has 19 heavy (non-hydrogen) atoms. The van der Waals surface area contributed by atoms with Crippen molar-refractivity contribution in [3.05, 3.63) is 30.1 Å². The first-order chi connectivity index (χ1) is 9.31. The van der Waals surface area contributed by atoms with Crippen LogP contribution in [0.5, 0.6) is 0 Å². The molecule has 1 unspecified atom stereocenters. The van der Waals surface area contributed by atoms with Gasteiger partial charge in [0.25, 0.3) is 0 Å². The fourth-order valence-electron chi connectivity index (χ4n) is 2.77. The molecule has 4 rings (SSSR count). The predicted octanol–water partition coefficient (Wildman–Crippen LogP) is 2.85. The molecular formula is C14H15FN4. The first kappa shape index (κ1) is 11.0. The van der Waals surface area contributed by atoms with E-state index in [-0.39, 0.29) is 5.82 Å². The van der Waals surface area contributed by atoms with Crippen LogP contribution in [0.25, 0.3) is 11.4 Å². The van der Waals surface area contributed by atoms with Gasteiger partial charge in [-0.3, -0.25) is 0 Å². The molecule has 98 valence electrons. The Balaban J connectivity index is 1.73. The number of anilines is 1. The summed E-state index contributed by atoms with van der Waals surface area (Å²) in [5.41, 5.74) is 0.861. The lowest BCUT2D eigenvalue weighted by atomic mass is 10.1. The molecule has 1 aromatic carbocycles. The van der Waals surface area contributed by atoms with Crippen molar-refractivity contribution in [1.82, 2.24) is 14.8 Å². The van der Waals surface area contributed by atoms with E-state index < -0.39 is 0 Å². The van der Waals surface area contributed by atoms with Gasteiger partial charge >= 0.3 is 0 Å². The normalized spacial score (nSPS) is 21.8. The van der Waals surface area contributed by atoms with Crippen molar-refractivity contribution >= 4 is 5.95 Å². The summed E-state index contributed by atoms with van der Waals surface area (Å²) in [4.78, 5) is 4.53. The minimum absolute atomic E-state index is 0.235. The lowest BCUT2D eigenvalue weighted by molar-refractivity contribution is 0.375. The number of fused-ring (bicyclic) bond motifs is 1. The van der Waals surface area contributed by atoms with Crippen LogP contribution < -0.4 is 5.32 Å². The highest BCUT2D eigenvalue weighted by molar-refractivity contribution is 5.56. The second kappa shape index (κ2) is 4.05. The van der Waals surface area contributed by atoms with Crippen molar-refractivity contribution in [3.8, 4) is 11.4 Å². The molecule has 4 nitrogen and oxygen atoms in total. The number of halogens is 1. The molecule has 1 saturated carbocycles. The molecule has 2 aromatic rings. The average molecular weight is 258 g/mol. The molecule has 1 fully saturated rings. The minimum Gasteiger partial charge on any atom is -0.354 e. The topological polar surface area (TPSA) is 42.7 Å². The van der Waals surface area contributed by atoms with E-state index in [1.54, 1.807) is 12.1 Å². The first-order valence-electron chi connectivity index (χ1n) is 6.77. The fourth-order valence-corrected chi connectivity index (χ4v) is 2.77. The highest BCUT2D eigenvalue weighted by Gasteiger charge is 2.36. The summed E-state index contributed by atoms with van der Waals surface area (Å²) >= 11 is 0. The lowest BCUT2D eigenvalue weighted by Gasteiger charge is -2.23. The maximum Gasteiger partial charge on any atom is 0.221 e. The van der Waals surface area contributed by atoms with Crippen molar-refractivity contribution in [2.45, 2.75) is 25.3 Å². The van der Waals surface area contributed by atoms with E-state index in [9.17, 15) is 4.39 Å². The van der Waals surface area contributed by atoms with Gasteiger partial charge in [0.2, 0.25) is 5.95 Å². The number of hydrogen-bond donors (Lipinski definition) is 1. The minimum atomic E-state index is -0.235. The van der Waals surface area contributed by atoms with Gasteiger partial charge in [0.15, 0.2) is 5.82 Å². The zero-order valence-electron chi connectivity index (χ0n) is 10.5. The zero-order chi connectivity index (χ0) is 12.8. The van der Waals surface area contributed by atoms with Crippen molar-refractivity contribution in [2.75, 3.05) is 11.9 Å². The van der Waals surface area contributed by atoms with E-state index in [0.29, 0.717) is 11.9 Å². The first-order valence-corrected chi connectivity index (χ1v) is 6.77. The van der Waals surface area contributed by atoms with E-state index in [0.717, 1.165) is 30.4 Å². The number of aromatic nitrogens is 3. The van der Waals surface area contributed by atoms with Crippen LogP contribution in [0.2, 0.25) is 0 Å². The van der Waals surface area contributed by atoms with E-state index in [2.05, 4.69) is 15.4 Å². The summed E-state index contributed by atoms with van der Waals surface area (Å²) in [6.07, 6.45) is 3.72. The van der Waals surface area contributed by atoms with Gasteiger partial charge in [-0.05, 0) is 49.4 Å². The van der Waals surface area contributed by atoms with Crippen LogP contribution >= 0.6 is 0 Å². The summed E-state index contributed by atoms with van der Waals surface area (Å²) in [6, 6.07) is 6.83. The quantitative estimate of drug-likeness (QED) is 0.900. The Labute approximate surface area is 110 Å². The Hall–Kier alpha value is -1.91. The molecule has 1 atom stereocenters. The number of benzene rings is 1. The monoisotopic (exact) mass is 258 g/mol. The average Bonchev–Trinajstić information content (AvgIpc) is 3.17. The summed E-state index contributed by atoms with van der Waals surface area (Å²) in [7, 11) is 0. The van der Waals surface area contributed by atoms with Gasteiger partial charge in [-0.25, -0.2) is 9.07 Å². The van der Waals surface area contributed by atoms with Gasteiger partial charge in [-0.1, -0.05) is 0 Å². The smallest absolute Gasteiger partial charge is 0.221 e. The second-order valence-corrected chi connectivity index (χ2v) is 5.33. The van der Waals surface area contributed by atoms with Crippen molar-refractivity contribution in [2.24, 2.45) is 5.92 Å². The lowest BCUT2D eigenvalue weighted by Crippen LogP contribution is -2.25. The van der Waals surface area contributed by atoms with Crippen molar-refractivity contribution in [3.63, 3.8) is 0 Å². The van der Waals surface area contributed by atoms with Gasteiger partial charge in [0.05, 0.1) is 6.04 Å². The van der Waals surface area contributed by atoms with Crippen molar-refractivity contribution < 1.29 is 4.39 Å². The van der Waals surface area contributed by atoms with Crippen LogP contribution in [-0.2, 0) is 0 Å². The molecule has 0 saturated heterocycles. The molecular weight excluding hydrogens is 243 g/mol. The van der Waals surface area contributed by atoms with Gasteiger partial charge in [-0.2, -0.15) is 4.98 Å². The number of nitrogens with one attached hydrogen (secondary N) is 1. The fraction of sp³-hybridized carbons (Fsp3) is 0.429. The molecule has 0 spiro atoms. The highest BCUT2D eigenvalue weighted by atomic mass is 19.1. The number of nitrogens with zero attached hydrogens (tertiary/aromatic N) is 3.